The summed E-state index contributed by atoms with van der Waals surface area (Å²) < 4.78 is 0. The zero-order valence-electron chi connectivity index (χ0n) is 31.4. The number of amides is 2. The van der Waals surface area contributed by atoms with E-state index in [1.54, 1.807) is 4.90 Å². The Labute approximate surface area is 303 Å². The third kappa shape index (κ3) is 9.83. The molecule has 1 N–H and O–H groups in total. The van der Waals surface area contributed by atoms with Gasteiger partial charge in [0.1, 0.15) is 11.7 Å². The standard InChI is InChI=1S/C41H56N4O6/c1-8-13-28(37(49)35(48)20-26(4)27-14-10-9-11-15-27)21-34(47)36-30-17-12-16-29(30)24-45(36)40(51)38(41(5,6)7)44-39(50)31(25(2)3)22-33(46)32-23-42-18-19-43-32/h9-11,14-15,18-19,23,25-26,28-31,36,38H,8,12-13,16-17,20-22,24H2,1-7H3,(H,44,50)/t26-,28?,29+,30+,31-,36+,38?/m1/s1. The third-order valence-corrected chi connectivity index (χ3v) is 10.9. The van der Waals surface area contributed by atoms with Crippen molar-refractivity contribution in [3.63, 3.8) is 0 Å². The Morgan fingerprint density at radius 1 is 0.941 bits per heavy atom. The van der Waals surface area contributed by atoms with Gasteiger partial charge in [0.05, 0.1) is 12.2 Å². The second-order valence-electron chi connectivity index (χ2n) is 16.1. The van der Waals surface area contributed by atoms with Gasteiger partial charge in [0.15, 0.2) is 17.3 Å². The average molecular weight is 701 g/mol. The molecule has 1 aliphatic heterocycles. The van der Waals surface area contributed by atoms with E-state index in [9.17, 15) is 28.8 Å². The highest BCUT2D eigenvalue weighted by Crippen LogP contribution is 2.44. The topological polar surface area (TPSA) is 143 Å². The molecule has 0 spiro atoms. The van der Waals surface area contributed by atoms with Crippen molar-refractivity contribution in [3.05, 3.63) is 60.2 Å². The number of fused-ring (bicyclic) bond motifs is 1. The van der Waals surface area contributed by atoms with Crippen LogP contribution in [-0.2, 0) is 24.0 Å². The first-order chi connectivity index (χ1) is 24.1. The molecule has 51 heavy (non-hydrogen) atoms. The second-order valence-corrected chi connectivity index (χ2v) is 16.1. The van der Waals surface area contributed by atoms with Gasteiger partial charge in [-0.25, -0.2) is 4.98 Å². The maximum Gasteiger partial charge on any atom is 0.246 e. The predicted molar refractivity (Wildman–Crippen MR) is 195 cm³/mol. The van der Waals surface area contributed by atoms with Crippen LogP contribution in [0.25, 0.3) is 0 Å². The molecule has 2 heterocycles. The predicted octanol–water partition coefficient (Wildman–Crippen LogP) is 6.19. The fourth-order valence-corrected chi connectivity index (χ4v) is 7.93. The normalized spacial score (nSPS) is 21.0. The van der Waals surface area contributed by atoms with Crippen molar-refractivity contribution in [1.82, 2.24) is 20.2 Å². The first-order valence-corrected chi connectivity index (χ1v) is 18.7. The molecule has 1 aromatic carbocycles. The van der Waals surface area contributed by atoms with Gasteiger partial charge >= 0.3 is 0 Å². The maximum atomic E-state index is 14.6. The van der Waals surface area contributed by atoms with Crippen LogP contribution in [0, 0.1) is 35.0 Å². The van der Waals surface area contributed by atoms with Gasteiger partial charge in [-0.1, -0.05) is 91.6 Å². The third-order valence-electron chi connectivity index (χ3n) is 10.9. The Morgan fingerprint density at radius 2 is 1.65 bits per heavy atom. The number of Topliss-reactive ketones (excluding diaryl/α,β-unsaturated/α-hetero) is 4. The molecular formula is C41H56N4O6. The smallest absolute Gasteiger partial charge is 0.246 e. The van der Waals surface area contributed by atoms with Crippen LogP contribution in [0.5, 0.6) is 0 Å². The Hall–Kier alpha value is -4.08. The van der Waals surface area contributed by atoms with Gasteiger partial charge in [0.2, 0.25) is 17.6 Å². The number of hydrogen-bond acceptors (Lipinski definition) is 8. The summed E-state index contributed by atoms with van der Waals surface area (Å²) in [5.41, 5.74) is 0.444. The minimum absolute atomic E-state index is 0.0306. The molecule has 10 nitrogen and oxygen atoms in total. The van der Waals surface area contributed by atoms with Gasteiger partial charge in [0.25, 0.3) is 0 Å². The Kier molecular flexibility index (Phi) is 13.6. The number of likely N-dealkylation sites (tertiary alicyclic amines) is 1. The van der Waals surface area contributed by atoms with Crippen LogP contribution in [0.1, 0.15) is 122 Å². The van der Waals surface area contributed by atoms with Crippen molar-refractivity contribution in [3.8, 4) is 0 Å². The van der Waals surface area contributed by atoms with Crippen LogP contribution in [0.2, 0.25) is 0 Å². The summed E-state index contributed by atoms with van der Waals surface area (Å²) in [7, 11) is 0. The van der Waals surface area contributed by atoms with E-state index < -0.39 is 46.8 Å². The van der Waals surface area contributed by atoms with Gasteiger partial charge in [-0.3, -0.25) is 33.8 Å². The summed E-state index contributed by atoms with van der Waals surface area (Å²) in [6, 6.07) is 7.91. The van der Waals surface area contributed by atoms with Crippen molar-refractivity contribution >= 4 is 34.9 Å². The molecule has 2 aromatic rings. The molecule has 276 valence electrons. The van der Waals surface area contributed by atoms with Crippen molar-refractivity contribution in [2.45, 2.75) is 118 Å². The summed E-state index contributed by atoms with van der Waals surface area (Å²) in [6.07, 6.45) is 7.89. The van der Waals surface area contributed by atoms with E-state index in [2.05, 4.69) is 15.3 Å². The number of benzene rings is 1. The molecule has 7 atom stereocenters. The lowest BCUT2D eigenvalue weighted by Crippen LogP contribution is -2.58. The van der Waals surface area contributed by atoms with Crippen molar-refractivity contribution in [2.24, 2.45) is 35.0 Å². The zero-order valence-corrected chi connectivity index (χ0v) is 31.4. The van der Waals surface area contributed by atoms with E-state index in [0.29, 0.717) is 19.4 Å². The van der Waals surface area contributed by atoms with Gasteiger partial charge in [-0.05, 0) is 53.9 Å². The second kappa shape index (κ2) is 17.4. The summed E-state index contributed by atoms with van der Waals surface area (Å²) in [4.78, 5) is 92.3. The zero-order chi connectivity index (χ0) is 37.5. The highest BCUT2D eigenvalue weighted by molar-refractivity contribution is 6.38. The molecule has 4 rings (SSSR count). The van der Waals surface area contributed by atoms with Crippen LogP contribution in [0.15, 0.2) is 48.9 Å². The average Bonchev–Trinajstić information content (AvgIpc) is 3.70. The monoisotopic (exact) mass is 700 g/mol. The lowest BCUT2D eigenvalue weighted by Gasteiger charge is -2.37. The molecule has 2 aliphatic rings. The van der Waals surface area contributed by atoms with Crippen LogP contribution >= 0.6 is 0 Å². The number of carbonyl (C=O) groups excluding carboxylic acids is 6. The van der Waals surface area contributed by atoms with E-state index in [0.717, 1.165) is 24.8 Å². The van der Waals surface area contributed by atoms with Crippen molar-refractivity contribution in [1.29, 1.82) is 0 Å². The minimum atomic E-state index is -0.957. The highest BCUT2D eigenvalue weighted by Gasteiger charge is 2.52. The number of hydrogen-bond donors (Lipinski definition) is 1. The SMILES string of the molecule is CCCC(CC(=O)[C@@H]1[C@H]2CCC[C@H]2CN1C(=O)C(NC(=O)[C@H](CC(=O)c1cnccn1)C(C)C)C(C)(C)C)C(=O)C(=O)C[C@@H](C)c1ccccc1. The van der Waals surface area contributed by atoms with E-state index in [1.165, 1.54) is 18.6 Å². The molecule has 0 bridgehead atoms. The first-order valence-electron chi connectivity index (χ1n) is 18.7. The van der Waals surface area contributed by atoms with Gasteiger partial charge in [0, 0.05) is 50.0 Å². The number of nitrogens with zero attached hydrogens (tertiary/aromatic N) is 3. The molecular weight excluding hydrogens is 644 g/mol. The van der Waals surface area contributed by atoms with E-state index in [1.807, 2.05) is 78.8 Å². The summed E-state index contributed by atoms with van der Waals surface area (Å²) in [5.74, 6) is -3.89. The maximum absolute atomic E-state index is 14.6. The summed E-state index contributed by atoms with van der Waals surface area (Å²) in [6.45, 7) is 13.6. The fourth-order valence-electron chi connectivity index (χ4n) is 7.93. The lowest BCUT2D eigenvalue weighted by atomic mass is 9.82. The lowest BCUT2D eigenvalue weighted by molar-refractivity contribution is -0.146. The number of nitrogens with one attached hydrogen (secondary N) is 1. The molecule has 1 saturated heterocycles. The Balaban J connectivity index is 1.52. The molecule has 2 unspecified atom stereocenters. The van der Waals surface area contributed by atoms with E-state index in [4.69, 9.17) is 0 Å². The highest BCUT2D eigenvalue weighted by atomic mass is 16.2. The molecule has 1 aromatic heterocycles. The minimum Gasteiger partial charge on any atom is -0.344 e. The van der Waals surface area contributed by atoms with Crippen LogP contribution < -0.4 is 5.32 Å². The van der Waals surface area contributed by atoms with Crippen molar-refractivity contribution < 1.29 is 28.8 Å². The molecule has 2 fully saturated rings. The van der Waals surface area contributed by atoms with Gasteiger partial charge in [-0.15, -0.1) is 0 Å². The molecule has 1 saturated carbocycles. The summed E-state index contributed by atoms with van der Waals surface area (Å²) >= 11 is 0. The number of rotatable bonds is 17. The number of ketones is 4. The van der Waals surface area contributed by atoms with Gasteiger partial charge < -0.3 is 10.2 Å². The first kappa shape index (κ1) is 39.7. The number of aromatic nitrogens is 2. The summed E-state index contributed by atoms with van der Waals surface area (Å²) in [5, 5.41) is 2.99. The van der Waals surface area contributed by atoms with Crippen molar-refractivity contribution in [2.75, 3.05) is 6.54 Å². The molecule has 0 radical (unpaired) electrons. The molecule has 10 heteroatoms. The van der Waals surface area contributed by atoms with E-state index in [-0.39, 0.29) is 66.1 Å². The van der Waals surface area contributed by atoms with Crippen LogP contribution in [-0.4, -0.2) is 68.4 Å². The largest absolute Gasteiger partial charge is 0.344 e. The van der Waals surface area contributed by atoms with E-state index >= 15 is 0 Å². The van der Waals surface area contributed by atoms with Gasteiger partial charge in [-0.2, -0.15) is 0 Å². The Bertz CT molecular complexity index is 1550. The quantitative estimate of drug-likeness (QED) is 0.152. The van der Waals surface area contributed by atoms with Crippen LogP contribution in [0.4, 0.5) is 0 Å². The Morgan fingerprint density at radius 3 is 2.25 bits per heavy atom. The van der Waals surface area contributed by atoms with Crippen LogP contribution in [0.3, 0.4) is 0 Å². The molecule has 2 amide bonds. The number of carbonyl (C=O) groups is 6. The molecule has 1 aliphatic carbocycles. The fraction of sp³-hybridized carbons (Fsp3) is 0.610.